The first-order chi connectivity index (χ1) is 11.5. The number of likely N-dealkylation sites (N-methyl/N-ethyl adjacent to an activating group) is 1. The van der Waals surface area contributed by atoms with Gasteiger partial charge in [-0.1, -0.05) is 0 Å². The first-order valence-corrected chi connectivity index (χ1v) is 7.41. The van der Waals surface area contributed by atoms with E-state index in [1.807, 2.05) is 25.1 Å². The zero-order chi connectivity index (χ0) is 17.5. The van der Waals surface area contributed by atoms with E-state index >= 15 is 0 Å². The molecule has 0 N–H and O–H groups in total. The summed E-state index contributed by atoms with van der Waals surface area (Å²) < 4.78 is 15.8. The minimum Gasteiger partial charge on any atom is -0.497 e. The third-order valence-electron chi connectivity index (χ3n) is 3.29. The number of hydrogen-bond donors (Lipinski definition) is 0. The number of benzene rings is 1. The normalized spacial score (nSPS) is 10.5. The molecule has 128 valence electrons. The van der Waals surface area contributed by atoms with Crippen molar-refractivity contribution in [3.8, 4) is 22.8 Å². The van der Waals surface area contributed by atoms with Crippen LogP contribution in [0.15, 0.2) is 30.6 Å². The van der Waals surface area contributed by atoms with Gasteiger partial charge in [0.15, 0.2) is 5.69 Å². The molecule has 1 aromatic carbocycles. The molecule has 0 unspecified atom stereocenters. The Morgan fingerprint density at radius 3 is 2.67 bits per heavy atom. The molecule has 7 nitrogen and oxygen atoms in total. The van der Waals surface area contributed by atoms with E-state index in [0.717, 1.165) is 12.1 Å². The average Bonchev–Trinajstić information content (AvgIpc) is 2.60. The molecule has 7 heteroatoms. The molecule has 0 saturated heterocycles. The van der Waals surface area contributed by atoms with Crippen molar-refractivity contribution in [3.63, 3.8) is 0 Å². The number of aromatic nitrogens is 2. The molecule has 1 heterocycles. The van der Waals surface area contributed by atoms with Gasteiger partial charge in [0.2, 0.25) is 0 Å². The van der Waals surface area contributed by atoms with E-state index < -0.39 is 5.97 Å². The Morgan fingerprint density at radius 1 is 1.21 bits per heavy atom. The molecule has 0 fully saturated rings. The van der Waals surface area contributed by atoms with Crippen molar-refractivity contribution >= 4 is 5.97 Å². The number of nitrogens with zero attached hydrogens (tertiary/aromatic N) is 3. The Balaban J connectivity index is 2.36. The maximum absolute atomic E-state index is 11.6. The molecule has 0 atom stereocenters. The predicted molar refractivity (Wildman–Crippen MR) is 89.4 cm³/mol. The van der Waals surface area contributed by atoms with Gasteiger partial charge in [-0.3, -0.25) is 4.98 Å². The van der Waals surface area contributed by atoms with Gasteiger partial charge in [-0.2, -0.15) is 0 Å². The lowest BCUT2D eigenvalue weighted by Gasteiger charge is -2.15. The highest BCUT2D eigenvalue weighted by Crippen LogP contribution is 2.32. The minimum absolute atomic E-state index is 0.144. The lowest BCUT2D eigenvalue weighted by molar-refractivity contribution is 0.0593. The molecule has 0 radical (unpaired) electrons. The summed E-state index contributed by atoms with van der Waals surface area (Å²) in [5.74, 6) is 0.760. The van der Waals surface area contributed by atoms with Gasteiger partial charge in [0.25, 0.3) is 0 Å². The molecule has 0 aliphatic carbocycles. The first-order valence-electron chi connectivity index (χ1n) is 7.41. The smallest absolute Gasteiger partial charge is 0.358 e. The molecule has 0 saturated carbocycles. The van der Waals surface area contributed by atoms with Crippen LogP contribution in [0.1, 0.15) is 10.5 Å². The SMILES string of the molecule is COC(=O)c1cncc(-c2ccc(OC)cc2OCCN(C)C)n1. The largest absolute Gasteiger partial charge is 0.497 e. The summed E-state index contributed by atoms with van der Waals surface area (Å²) in [4.78, 5) is 22.0. The standard InChI is InChI=1S/C17H21N3O4/c1-20(2)7-8-24-16-9-12(22-3)5-6-13(16)14-10-18-11-15(19-14)17(21)23-4/h5-6,9-11H,7-8H2,1-4H3. The second-order valence-corrected chi connectivity index (χ2v) is 5.29. The first kappa shape index (κ1) is 17.7. The van der Waals surface area contributed by atoms with Crippen LogP contribution in [0.4, 0.5) is 0 Å². The van der Waals surface area contributed by atoms with Gasteiger partial charge >= 0.3 is 5.97 Å². The summed E-state index contributed by atoms with van der Waals surface area (Å²) in [5, 5.41) is 0. The summed E-state index contributed by atoms with van der Waals surface area (Å²) in [6.07, 6.45) is 2.94. The van der Waals surface area contributed by atoms with E-state index in [2.05, 4.69) is 14.7 Å². The highest BCUT2D eigenvalue weighted by molar-refractivity contribution is 5.87. The molecular formula is C17H21N3O4. The van der Waals surface area contributed by atoms with E-state index in [4.69, 9.17) is 9.47 Å². The van der Waals surface area contributed by atoms with Gasteiger partial charge in [-0.05, 0) is 26.2 Å². The van der Waals surface area contributed by atoms with Gasteiger partial charge in [-0.15, -0.1) is 0 Å². The fourth-order valence-corrected chi connectivity index (χ4v) is 2.00. The van der Waals surface area contributed by atoms with Crippen LogP contribution in [0, 0.1) is 0 Å². The third kappa shape index (κ3) is 4.42. The van der Waals surface area contributed by atoms with Crippen LogP contribution >= 0.6 is 0 Å². The van der Waals surface area contributed by atoms with Crippen molar-refractivity contribution in [1.82, 2.24) is 14.9 Å². The molecule has 0 spiro atoms. The van der Waals surface area contributed by atoms with Crippen molar-refractivity contribution in [2.75, 3.05) is 41.5 Å². The molecule has 2 rings (SSSR count). The molecule has 2 aromatic rings. The summed E-state index contributed by atoms with van der Waals surface area (Å²) in [6, 6.07) is 5.42. The van der Waals surface area contributed by atoms with Crippen LogP contribution in [0.2, 0.25) is 0 Å². The van der Waals surface area contributed by atoms with Gasteiger partial charge in [0.05, 0.1) is 32.3 Å². The molecule has 0 aliphatic heterocycles. The summed E-state index contributed by atoms with van der Waals surface area (Å²) in [6.45, 7) is 1.28. The molecule has 24 heavy (non-hydrogen) atoms. The predicted octanol–water partition coefficient (Wildman–Crippen LogP) is 1.88. The second-order valence-electron chi connectivity index (χ2n) is 5.29. The zero-order valence-electron chi connectivity index (χ0n) is 14.3. The van der Waals surface area contributed by atoms with Crippen molar-refractivity contribution in [1.29, 1.82) is 0 Å². The third-order valence-corrected chi connectivity index (χ3v) is 3.29. The fourth-order valence-electron chi connectivity index (χ4n) is 2.00. The summed E-state index contributed by atoms with van der Waals surface area (Å²) in [5.41, 5.74) is 1.40. The fraction of sp³-hybridized carbons (Fsp3) is 0.353. The van der Waals surface area contributed by atoms with Crippen LogP contribution in [0.5, 0.6) is 11.5 Å². The van der Waals surface area contributed by atoms with E-state index in [9.17, 15) is 4.79 Å². The molecule has 0 aliphatic rings. The molecule has 0 bridgehead atoms. The lowest BCUT2D eigenvalue weighted by Crippen LogP contribution is -2.19. The van der Waals surface area contributed by atoms with E-state index in [0.29, 0.717) is 23.8 Å². The number of carbonyl (C=O) groups excluding carboxylic acids is 1. The van der Waals surface area contributed by atoms with Crippen LogP contribution < -0.4 is 9.47 Å². The van der Waals surface area contributed by atoms with Crippen molar-refractivity contribution in [2.24, 2.45) is 0 Å². The summed E-state index contributed by atoms with van der Waals surface area (Å²) in [7, 11) is 6.85. The average molecular weight is 331 g/mol. The Hall–Kier alpha value is -2.67. The van der Waals surface area contributed by atoms with Gasteiger partial charge in [0.1, 0.15) is 18.1 Å². The number of ether oxygens (including phenoxy) is 3. The number of rotatable bonds is 7. The highest BCUT2D eigenvalue weighted by atomic mass is 16.5. The van der Waals surface area contributed by atoms with Crippen LogP contribution in [-0.4, -0.2) is 62.3 Å². The summed E-state index contributed by atoms with van der Waals surface area (Å²) >= 11 is 0. The van der Waals surface area contributed by atoms with Crippen LogP contribution in [-0.2, 0) is 4.74 Å². The number of carbonyl (C=O) groups is 1. The van der Waals surface area contributed by atoms with E-state index in [1.54, 1.807) is 25.4 Å². The van der Waals surface area contributed by atoms with E-state index in [-0.39, 0.29) is 5.69 Å². The number of esters is 1. The quantitative estimate of drug-likeness (QED) is 0.717. The Bertz CT molecular complexity index is 704. The minimum atomic E-state index is -0.534. The van der Waals surface area contributed by atoms with E-state index in [1.165, 1.54) is 13.3 Å². The maximum atomic E-state index is 11.6. The second kappa shape index (κ2) is 8.26. The number of methoxy groups -OCH3 is 2. The molecule has 0 amide bonds. The van der Waals surface area contributed by atoms with Crippen LogP contribution in [0.3, 0.4) is 0 Å². The lowest BCUT2D eigenvalue weighted by atomic mass is 10.1. The highest BCUT2D eigenvalue weighted by Gasteiger charge is 2.14. The number of hydrogen-bond acceptors (Lipinski definition) is 7. The Kier molecular flexibility index (Phi) is 6.08. The van der Waals surface area contributed by atoms with Gasteiger partial charge in [-0.25, -0.2) is 9.78 Å². The van der Waals surface area contributed by atoms with Crippen LogP contribution in [0.25, 0.3) is 11.3 Å². The molecule has 1 aromatic heterocycles. The van der Waals surface area contributed by atoms with Crippen molar-refractivity contribution in [3.05, 3.63) is 36.3 Å². The topological polar surface area (TPSA) is 73.8 Å². The Morgan fingerprint density at radius 2 is 2.00 bits per heavy atom. The van der Waals surface area contributed by atoms with Gasteiger partial charge < -0.3 is 19.1 Å². The Labute approximate surface area is 141 Å². The van der Waals surface area contributed by atoms with Crippen molar-refractivity contribution < 1.29 is 19.0 Å². The van der Waals surface area contributed by atoms with Gasteiger partial charge in [0, 0.05) is 18.2 Å². The van der Waals surface area contributed by atoms with Crippen molar-refractivity contribution in [2.45, 2.75) is 0 Å². The zero-order valence-corrected chi connectivity index (χ0v) is 14.3. The monoisotopic (exact) mass is 331 g/mol. The maximum Gasteiger partial charge on any atom is 0.358 e. The molecular weight excluding hydrogens is 310 g/mol.